The Morgan fingerprint density at radius 3 is 2.55 bits per heavy atom. The third-order valence-electron chi connectivity index (χ3n) is 7.27. The highest BCUT2D eigenvalue weighted by molar-refractivity contribution is 6.11. The first-order valence-corrected chi connectivity index (χ1v) is 13.3. The zero-order valence-electron chi connectivity index (χ0n) is 22.4. The first-order chi connectivity index (χ1) is 18.5. The van der Waals surface area contributed by atoms with Gasteiger partial charge >= 0.3 is 0 Å². The minimum atomic E-state index is -0.270. The average Bonchev–Trinajstić information content (AvgIpc) is 3.37. The third kappa shape index (κ3) is 6.07. The summed E-state index contributed by atoms with van der Waals surface area (Å²) in [4.78, 5) is 29.3. The fourth-order valence-corrected chi connectivity index (χ4v) is 4.82. The van der Waals surface area contributed by atoms with Crippen LogP contribution in [0, 0.1) is 0 Å². The zero-order chi connectivity index (χ0) is 26.5. The van der Waals surface area contributed by atoms with E-state index in [-0.39, 0.29) is 5.91 Å². The lowest BCUT2D eigenvalue weighted by Gasteiger charge is -2.32. The maximum Gasteiger partial charge on any atom is 0.276 e. The van der Waals surface area contributed by atoms with Crippen molar-refractivity contribution in [1.29, 1.82) is 0 Å². The van der Waals surface area contributed by atoms with Crippen molar-refractivity contribution in [3.8, 4) is 11.1 Å². The van der Waals surface area contributed by atoms with Crippen LogP contribution in [0.15, 0.2) is 55.0 Å². The second-order valence-electron chi connectivity index (χ2n) is 9.95. The number of rotatable bonds is 9. The Bertz CT molecular complexity index is 1370. The minimum absolute atomic E-state index is 0.270. The molecule has 9 nitrogen and oxygen atoms in total. The number of carbonyl (C=O) groups is 1. The number of fused-ring (bicyclic) bond motifs is 1. The predicted octanol–water partition coefficient (Wildman–Crippen LogP) is 3.86. The number of H-pyrrole nitrogens is 1. The van der Waals surface area contributed by atoms with Crippen molar-refractivity contribution < 1.29 is 4.79 Å². The van der Waals surface area contributed by atoms with Crippen LogP contribution in [0.3, 0.4) is 0 Å². The number of likely N-dealkylation sites (N-methyl/N-ethyl adjacent to an activating group) is 1. The van der Waals surface area contributed by atoms with Crippen LogP contribution in [-0.2, 0) is 13.1 Å². The molecule has 0 saturated carbocycles. The molecule has 198 valence electrons. The quantitative estimate of drug-likeness (QED) is 0.352. The van der Waals surface area contributed by atoms with Crippen LogP contribution in [0.25, 0.3) is 22.0 Å². The van der Waals surface area contributed by atoms with Gasteiger partial charge in [0.05, 0.1) is 23.1 Å². The molecule has 0 bridgehead atoms. The van der Waals surface area contributed by atoms with Crippen LogP contribution in [0.1, 0.15) is 35.6 Å². The zero-order valence-corrected chi connectivity index (χ0v) is 22.4. The molecule has 5 rings (SSSR count). The number of benzene rings is 1. The van der Waals surface area contributed by atoms with Crippen molar-refractivity contribution in [2.45, 2.75) is 26.9 Å². The molecule has 0 radical (unpaired) electrons. The summed E-state index contributed by atoms with van der Waals surface area (Å²) in [5.74, 6) is -0.270. The summed E-state index contributed by atoms with van der Waals surface area (Å²) in [5, 5.41) is 11.0. The van der Waals surface area contributed by atoms with Crippen LogP contribution in [0.4, 0.5) is 5.69 Å². The summed E-state index contributed by atoms with van der Waals surface area (Å²) in [7, 11) is 2.17. The molecule has 0 unspecified atom stereocenters. The first-order valence-electron chi connectivity index (χ1n) is 13.3. The summed E-state index contributed by atoms with van der Waals surface area (Å²) in [5.41, 5.74) is 6.01. The highest BCUT2D eigenvalue weighted by Gasteiger charge is 2.17. The van der Waals surface area contributed by atoms with Crippen molar-refractivity contribution in [2.24, 2.45) is 0 Å². The normalized spacial score (nSPS) is 14.8. The number of carbonyl (C=O) groups excluding carboxylic acids is 1. The number of aromatic amines is 1. The number of amides is 1. The fourth-order valence-electron chi connectivity index (χ4n) is 4.82. The SMILES string of the molecule is CCN(CC)Cc1ccc(NC(=O)c2n[nH]c3ccc(-c4cncc(CN5CCN(C)CC5)c4)cc23)cn1. The van der Waals surface area contributed by atoms with E-state index < -0.39 is 0 Å². The highest BCUT2D eigenvalue weighted by atomic mass is 16.1. The highest BCUT2D eigenvalue weighted by Crippen LogP contribution is 2.26. The van der Waals surface area contributed by atoms with E-state index in [1.54, 1.807) is 6.20 Å². The molecule has 1 fully saturated rings. The summed E-state index contributed by atoms with van der Waals surface area (Å²) in [6, 6.07) is 12.1. The number of anilines is 1. The molecule has 1 aromatic carbocycles. The standard InChI is InChI=1S/C29H36N8O/c1-4-36(5-2)20-25-8-7-24(18-31-25)32-29(38)28-26-15-22(6-9-27(26)33-34-28)23-14-21(16-30-17-23)19-37-12-10-35(3)11-13-37/h6-9,14-18H,4-5,10-13,19-20H2,1-3H3,(H,32,38)(H,33,34). The Hall–Kier alpha value is -3.66. The number of aromatic nitrogens is 4. The van der Waals surface area contributed by atoms with Crippen LogP contribution in [0.5, 0.6) is 0 Å². The van der Waals surface area contributed by atoms with Crippen molar-refractivity contribution in [3.63, 3.8) is 0 Å². The molecule has 0 spiro atoms. The van der Waals surface area contributed by atoms with E-state index in [0.29, 0.717) is 11.4 Å². The van der Waals surface area contributed by atoms with Crippen LogP contribution in [-0.4, -0.2) is 87.1 Å². The molecule has 9 heteroatoms. The fraction of sp³-hybridized carbons (Fsp3) is 0.379. The van der Waals surface area contributed by atoms with Crippen molar-refractivity contribution in [3.05, 3.63) is 71.9 Å². The van der Waals surface area contributed by atoms with Gasteiger partial charge in [-0.25, -0.2) is 0 Å². The minimum Gasteiger partial charge on any atom is -0.319 e. The van der Waals surface area contributed by atoms with Crippen LogP contribution < -0.4 is 5.32 Å². The Labute approximate surface area is 223 Å². The molecule has 0 aliphatic carbocycles. The molecular weight excluding hydrogens is 476 g/mol. The second kappa shape index (κ2) is 11.8. The molecular formula is C29H36N8O. The number of hydrogen-bond acceptors (Lipinski definition) is 7. The van der Waals surface area contributed by atoms with Gasteiger partial charge in [0.15, 0.2) is 5.69 Å². The predicted molar refractivity (Wildman–Crippen MR) is 151 cm³/mol. The molecule has 1 amide bonds. The smallest absolute Gasteiger partial charge is 0.276 e. The molecule has 38 heavy (non-hydrogen) atoms. The summed E-state index contributed by atoms with van der Waals surface area (Å²) >= 11 is 0. The van der Waals surface area contributed by atoms with Crippen LogP contribution in [0.2, 0.25) is 0 Å². The maximum absolute atomic E-state index is 13.1. The van der Waals surface area contributed by atoms with Gasteiger partial charge in [-0.15, -0.1) is 0 Å². The molecule has 2 N–H and O–H groups in total. The number of nitrogens with one attached hydrogen (secondary N) is 2. The van der Waals surface area contributed by atoms with Gasteiger partial charge in [-0.3, -0.25) is 29.7 Å². The van der Waals surface area contributed by atoms with Gasteiger partial charge < -0.3 is 10.2 Å². The average molecular weight is 513 g/mol. The van der Waals surface area contributed by atoms with E-state index in [2.05, 4.69) is 67.1 Å². The van der Waals surface area contributed by atoms with E-state index in [0.717, 1.165) is 80.1 Å². The maximum atomic E-state index is 13.1. The van der Waals surface area contributed by atoms with E-state index in [1.807, 2.05) is 42.7 Å². The van der Waals surface area contributed by atoms with Gasteiger partial charge in [-0.2, -0.15) is 5.10 Å². The van der Waals surface area contributed by atoms with Gasteiger partial charge in [-0.05, 0) is 61.6 Å². The lowest BCUT2D eigenvalue weighted by atomic mass is 10.0. The summed E-state index contributed by atoms with van der Waals surface area (Å²) in [6.07, 6.45) is 5.52. The second-order valence-corrected chi connectivity index (χ2v) is 9.95. The van der Waals surface area contributed by atoms with Gasteiger partial charge in [0.2, 0.25) is 0 Å². The number of hydrogen-bond donors (Lipinski definition) is 2. The molecule has 0 atom stereocenters. The number of pyridine rings is 2. The molecule has 4 heterocycles. The Balaban J connectivity index is 1.31. The van der Waals surface area contributed by atoms with E-state index in [9.17, 15) is 4.79 Å². The third-order valence-corrected chi connectivity index (χ3v) is 7.27. The monoisotopic (exact) mass is 512 g/mol. The van der Waals surface area contributed by atoms with E-state index in [1.165, 1.54) is 5.56 Å². The largest absolute Gasteiger partial charge is 0.319 e. The van der Waals surface area contributed by atoms with Crippen LogP contribution >= 0.6 is 0 Å². The number of piperazine rings is 1. The molecule has 1 aliphatic heterocycles. The van der Waals surface area contributed by atoms with E-state index in [4.69, 9.17) is 0 Å². The van der Waals surface area contributed by atoms with Gasteiger partial charge in [-0.1, -0.05) is 19.9 Å². The number of nitrogens with zero attached hydrogens (tertiary/aromatic N) is 6. The molecule has 1 aliphatic rings. The Morgan fingerprint density at radius 2 is 1.82 bits per heavy atom. The van der Waals surface area contributed by atoms with Gasteiger partial charge in [0, 0.05) is 62.6 Å². The lowest BCUT2D eigenvalue weighted by Crippen LogP contribution is -2.43. The van der Waals surface area contributed by atoms with Crippen molar-refractivity contribution >= 4 is 22.5 Å². The Kier molecular flexibility index (Phi) is 8.07. The molecule has 3 aromatic heterocycles. The molecule has 1 saturated heterocycles. The summed E-state index contributed by atoms with van der Waals surface area (Å²) < 4.78 is 0. The van der Waals surface area contributed by atoms with Crippen molar-refractivity contribution in [2.75, 3.05) is 51.6 Å². The van der Waals surface area contributed by atoms with Gasteiger partial charge in [0.1, 0.15) is 0 Å². The van der Waals surface area contributed by atoms with Crippen molar-refractivity contribution in [1.82, 2.24) is 34.9 Å². The summed E-state index contributed by atoms with van der Waals surface area (Å²) in [6.45, 7) is 12.2. The van der Waals surface area contributed by atoms with E-state index >= 15 is 0 Å². The Morgan fingerprint density at radius 1 is 1.00 bits per heavy atom. The van der Waals surface area contributed by atoms with Gasteiger partial charge in [0.25, 0.3) is 5.91 Å². The molecule has 4 aromatic rings. The topological polar surface area (TPSA) is 93.3 Å². The lowest BCUT2D eigenvalue weighted by molar-refractivity contribution is 0.102. The first kappa shape index (κ1) is 26.0.